The average molecular weight is 166 g/mol. The molecule has 2 heterocycles. The van der Waals surface area contributed by atoms with Gasteiger partial charge in [0.1, 0.15) is 11.9 Å². The van der Waals surface area contributed by atoms with Gasteiger partial charge >= 0.3 is 0 Å². The fourth-order valence-corrected chi connectivity index (χ4v) is 1.49. The molecular weight excluding hydrogens is 152 g/mol. The predicted molar refractivity (Wildman–Crippen MR) is 47.3 cm³/mol. The Morgan fingerprint density at radius 2 is 2.50 bits per heavy atom. The second-order valence-electron chi connectivity index (χ2n) is 3.13. The molecule has 1 atom stereocenters. The number of ether oxygens (including phenoxy) is 1. The molecule has 2 N–H and O–H groups in total. The van der Waals surface area contributed by atoms with E-state index in [4.69, 9.17) is 4.74 Å². The molecule has 1 saturated heterocycles. The lowest BCUT2D eigenvalue weighted by molar-refractivity contribution is 0.167. The summed E-state index contributed by atoms with van der Waals surface area (Å²) in [6, 6.07) is 1.95. The summed E-state index contributed by atoms with van der Waals surface area (Å²) in [5.41, 5.74) is 0. The lowest BCUT2D eigenvalue weighted by Gasteiger charge is -2.23. The molecule has 0 aromatic carbocycles. The van der Waals surface area contributed by atoms with Gasteiger partial charge in [0.2, 0.25) is 0 Å². The highest BCUT2D eigenvalue weighted by atomic mass is 16.5. The summed E-state index contributed by atoms with van der Waals surface area (Å²) in [7, 11) is 0. The van der Waals surface area contributed by atoms with Gasteiger partial charge in [0.05, 0.1) is 0 Å². The number of hydrogen-bond acceptors (Lipinski definition) is 2. The summed E-state index contributed by atoms with van der Waals surface area (Å²) in [5.74, 6) is 0.948. The van der Waals surface area contributed by atoms with E-state index in [-0.39, 0.29) is 0 Å². The number of rotatable bonds is 2. The van der Waals surface area contributed by atoms with Crippen molar-refractivity contribution in [2.24, 2.45) is 0 Å². The van der Waals surface area contributed by atoms with Crippen LogP contribution in [-0.4, -0.2) is 24.2 Å². The zero-order chi connectivity index (χ0) is 8.23. The van der Waals surface area contributed by atoms with Crippen LogP contribution in [0.15, 0.2) is 18.5 Å². The molecule has 3 heteroatoms. The van der Waals surface area contributed by atoms with Gasteiger partial charge in [-0.05, 0) is 25.5 Å². The molecule has 66 valence electrons. The molecule has 0 saturated carbocycles. The van der Waals surface area contributed by atoms with Crippen molar-refractivity contribution in [3.8, 4) is 5.75 Å². The summed E-state index contributed by atoms with van der Waals surface area (Å²) < 4.78 is 5.70. The van der Waals surface area contributed by atoms with Crippen molar-refractivity contribution in [1.29, 1.82) is 0 Å². The van der Waals surface area contributed by atoms with E-state index < -0.39 is 0 Å². The van der Waals surface area contributed by atoms with E-state index in [0.717, 1.165) is 25.3 Å². The van der Waals surface area contributed by atoms with Crippen molar-refractivity contribution in [2.75, 3.05) is 13.1 Å². The van der Waals surface area contributed by atoms with Crippen molar-refractivity contribution in [1.82, 2.24) is 10.3 Å². The molecule has 0 amide bonds. The first-order chi connectivity index (χ1) is 5.95. The van der Waals surface area contributed by atoms with Crippen LogP contribution in [0, 0.1) is 0 Å². The van der Waals surface area contributed by atoms with Crippen LogP contribution < -0.4 is 10.1 Å². The molecule has 1 fully saturated rings. The number of nitrogens with one attached hydrogen (secondary N) is 2. The van der Waals surface area contributed by atoms with Crippen LogP contribution >= 0.6 is 0 Å². The number of aromatic amines is 1. The minimum Gasteiger partial charge on any atom is -0.488 e. The molecule has 1 aliphatic rings. The largest absolute Gasteiger partial charge is 0.488 e. The van der Waals surface area contributed by atoms with E-state index in [1.807, 2.05) is 18.5 Å². The first kappa shape index (κ1) is 7.68. The van der Waals surface area contributed by atoms with Gasteiger partial charge in [0, 0.05) is 18.9 Å². The number of aromatic nitrogens is 1. The summed E-state index contributed by atoms with van der Waals surface area (Å²) >= 11 is 0. The standard InChI is InChI=1S/C9H14N2O/c1-2-8(6-10-4-1)12-9-3-5-11-7-9/h3,5,7-8,10-11H,1-2,4,6H2. The summed E-state index contributed by atoms with van der Waals surface area (Å²) in [6.45, 7) is 2.11. The molecule has 1 aliphatic heterocycles. The molecule has 0 bridgehead atoms. The predicted octanol–water partition coefficient (Wildman–Crippen LogP) is 1.15. The Morgan fingerprint density at radius 3 is 3.17 bits per heavy atom. The van der Waals surface area contributed by atoms with E-state index in [1.54, 1.807) is 0 Å². The van der Waals surface area contributed by atoms with Crippen LogP contribution in [0.3, 0.4) is 0 Å². The lowest BCUT2D eigenvalue weighted by Crippen LogP contribution is -2.37. The van der Waals surface area contributed by atoms with Crippen LogP contribution in [0.4, 0.5) is 0 Å². The number of H-pyrrole nitrogens is 1. The third kappa shape index (κ3) is 1.80. The lowest BCUT2D eigenvalue weighted by atomic mass is 10.1. The Kier molecular flexibility index (Phi) is 2.32. The number of piperidine rings is 1. The highest BCUT2D eigenvalue weighted by Crippen LogP contribution is 2.13. The van der Waals surface area contributed by atoms with Gasteiger partial charge in [0.25, 0.3) is 0 Å². The molecule has 1 aromatic rings. The van der Waals surface area contributed by atoms with Crippen LogP contribution in [0.2, 0.25) is 0 Å². The smallest absolute Gasteiger partial charge is 0.137 e. The first-order valence-corrected chi connectivity index (χ1v) is 4.45. The minimum atomic E-state index is 0.356. The topological polar surface area (TPSA) is 37.0 Å². The third-order valence-electron chi connectivity index (χ3n) is 2.12. The Bertz CT molecular complexity index is 214. The van der Waals surface area contributed by atoms with Crippen molar-refractivity contribution < 1.29 is 4.74 Å². The van der Waals surface area contributed by atoms with Crippen molar-refractivity contribution in [3.63, 3.8) is 0 Å². The Labute approximate surface area is 72.1 Å². The second-order valence-corrected chi connectivity index (χ2v) is 3.13. The second kappa shape index (κ2) is 3.63. The Balaban J connectivity index is 1.86. The molecule has 1 aromatic heterocycles. The molecule has 12 heavy (non-hydrogen) atoms. The van der Waals surface area contributed by atoms with Gasteiger partial charge in [-0.25, -0.2) is 0 Å². The first-order valence-electron chi connectivity index (χ1n) is 4.45. The fourth-order valence-electron chi connectivity index (χ4n) is 1.49. The van der Waals surface area contributed by atoms with E-state index in [0.29, 0.717) is 6.10 Å². The maximum absolute atomic E-state index is 5.70. The van der Waals surface area contributed by atoms with Gasteiger partial charge in [-0.15, -0.1) is 0 Å². The van der Waals surface area contributed by atoms with Crippen LogP contribution in [0.1, 0.15) is 12.8 Å². The maximum atomic E-state index is 5.70. The van der Waals surface area contributed by atoms with E-state index in [1.165, 1.54) is 6.42 Å². The quantitative estimate of drug-likeness (QED) is 0.691. The van der Waals surface area contributed by atoms with Gasteiger partial charge in [-0.3, -0.25) is 0 Å². The van der Waals surface area contributed by atoms with Crippen LogP contribution in [-0.2, 0) is 0 Å². The van der Waals surface area contributed by atoms with Crippen LogP contribution in [0.25, 0.3) is 0 Å². The molecular formula is C9H14N2O. The molecule has 2 rings (SSSR count). The van der Waals surface area contributed by atoms with Gasteiger partial charge < -0.3 is 15.0 Å². The highest BCUT2D eigenvalue weighted by molar-refractivity contribution is 5.16. The highest BCUT2D eigenvalue weighted by Gasteiger charge is 2.13. The zero-order valence-corrected chi connectivity index (χ0v) is 7.05. The monoisotopic (exact) mass is 166 g/mol. The van der Waals surface area contributed by atoms with Crippen molar-refractivity contribution in [2.45, 2.75) is 18.9 Å². The zero-order valence-electron chi connectivity index (χ0n) is 7.05. The van der Waals surface area contributed by atoms with Crippen molar-refractivity contribution >= 4 is 0 Å². The van der Waals surface area contributed by atoms with E-state index in [9.17, 15) is 0 Å². The van der Waals surface area contributed by atoms with Crippen LogP contribution in [0.5, 0.6) is 5.75 Å². The Hall–Kier alpha value is -0.960. The SMILES string of the molecule is c1cc(OC2CCCNC2)c[nH]1. The fraction of sp³-hybridized carbons (Fsp3) is 0.556. The van der Waals surface area contributed by atoms with Crippen molar-refractivity contribution in [3.05, 3.63) is 18.5 Å². The average Bonchev–Trinajstić information content (AvgIpc) is 2.59. The number of hydrogen-bond donors (Lipinski definition) is 2. The van der Waals surface area contributed by atoms with Gasteiger partial charge in [-0.1, -0.05) is 0 Å². The molecule has 0 radical (unpaired) electrons. The molecule has 3 nitrogen and oxygen atoms in total. The molecule has 0 spiro atoms. The summed E-state index contributed by atoms with van der Waals surface area (Å²) in [5, 5.41) is 3.31. The minimum absolute atomic E-state index is 0.356. The van der Waals surface area contributed by atoms with Gasteiger partial charge in [-0.2, -0.15) is 0 Å². The third-order valence-corrected chi connectivity index (χ3v) is 2.12. The summed E-state index contributed by atoms with van der Waals surface area (Å²) in [4.78, 5) is 2.97. The summed E-state index contributed by atoms with van der Waals surface area (Å²) in [6.07, 6.45) is 6.50. The van der Waals surface area contributed by atoms with Gasteiger partial charge in [0.15, 0.2) is 0 Å². The molecule has 1 unspecified atom stereocenters. The van der Waals surface area contributed by atoms with E-state index in [2.05, 4.69) is 10.3 Å². The van der Waals surface area contributed by atoms with E-state index >= 15 is 0 Å². The maximum Gasteiger partial charge on any atom is 0.137 e. The Morgan fingerprint density at radius 1 is 1.50 bits per heavy atom. The normalized spacial score (nSPS) is 23.8. The molecule has 0 aliphatic carbocycles.